The fraction of sp³-hybridized carbons (Fsp3) is 0.381. The van der Waals surface area contributed by atoms with E-state index in [-0.39, 0.29) is 36.3 Å². The largest absolute Gasteiger partial charge is 0.466 e. The smallest absolute Gasteiger partial charge is 0.326 e. The van der Waals surface area contributed by atoms with Crippen LogP contribution in [0.1, 0.15) is 38.1 Å². The van der Waals surface area contributed by atoms with Crippen LogP contribution in [0.5, 0.6) is 0 Å². The van der Waals surface area contributed by atoms with Crippen molar-refractivity contribution in [3.05, 3.63) is 56.0 Å². The van der Waals surface area contributed by atoms with E-state index in [1.807, 2.05) is 0 Å². The van der Waals surface area contributed by atoms with Gasteiger partial charge in [0.25, 0.3) is 0 Å². The van der Waals surface area contributed by atoms with Crippen molar-refractivity contribution in [2.75, 3.05) is 19.8 Å². The van der Waals surface area contributed by atoms with Gasteiger partial charge < -0.3 is 14.2 Å². The molecule has 12 heteroatoms. The molecule has 2 aromatic rings. The molecule has 0 saturated carbocycles. The molecule has 0 aliphatic rings. The molecule has 0 spiro atoms. The topological polar surface area (TPSA) is 105 Å². The summed E-state index contributed by atoms with van der Waals surface area (Å²) in [4.78, 5) is 42.6. The lowest BCUT2D eigenvalue weighted by molar-refractivity contribution is -0.157. The molecular formula is C21H22Cl4N2O6. The maximum absolute atomic E-state index is 11.8. The zero-order chi connectivity index (χ0) is 25.0. The molecule has 2 aromatic heterocycles. The van der Waals surface area contributed by atoms with Crippen molar-refractivity contribution in [1.82, 2.24) is 9.97 Å². The SMILES string of the molecule is CCOC(=O)C(C(=O)OCC)c1ncc(Cl)cc1Cl.CCOC(=O)Cc1ncc(Cl)cc1Cl. The van der Waals surface area contributed by atoms with Gasteiger partial charge in [0, 0.05) is 12.4 Å². The van der Waals surface area contributed by atoms with E-state index < -0.39 is 17.9 Å². The number of esters is 3. The Kier molecular flexibility index (Phi) is 13.1. The predicted molar refractivity (Wildman–Crippen MR) is 125 cm³/mol. The van der Waals surface area contributed by atoms with Crippen molar-refractivity contribution in [2.24, 2.45) is 0 Å². The standard InChI is InChI=1S/C12H13Cl2NO4.C9H9Cl2NO2/c1-3-18-11(16)9(12(17)19-4-2)10-8(14)5-7(13)6-15-10;1-2-14-9(13)4-8-7(11)3-6(10)5-12-8/h5-6,9H,3-4H2,1-2H3;3,5H,2,4H2,1H3. The molecule has 2 heterocycles. The van der Waals surface area contributed by atoms with Crippen LogP contribution in [0.2, 0.25) is 20.1 Å². The number of hydrogen-bond acceptors (Lipinski definition) is 8. The molecule has 0 aromatic carbocycles. The molecule has 0 aliphatic carbocycles. The first-order valence-corrected chi connectivity index (χ1v) is 11.2. The molecule has 8 nitrogen and oxygen atoms in total. The maximum Gasteiger partial charge on any atom is 0.326 e. The van der Waals surface area contributed by atoms with Gasteiger partial charge in [0.05, 0.1) is 57.7 Å². The van der Waals surface area contributed by atoms with Crippen molar-refractivity contribution >= 4 is 64.3 Å². The number of aromatic nitrogens is 2. The average Bonchev–Trinajstić information content (AvgIpc) is 2.73. The van der Waals surface area contributed by atoms with Gasteiger partial charge in [-0.05, 0) is 32.9 Å². The number of nitrogens with zero attached hydrogens (tertiary/aromatic N) is 2. The van der Waals surface area contributed by atoms with E-state index in [4.69, 9.17) is 60.6 Å². The molecule has 0 unspecified atom stereocenters. The Bertz CT molecular complexity index is 956. The van der Waals surface area contributed by atoms with Crippen LogP contribution >= 0.6 is 46.4 Å². The molecule has 0 atom stereocenters. The van der Waals surface area contributed by atoms with Gasteiger partial charge in [0.2, 0.25) is 0 Å². The van der Waals surface area contributed by atoms with E-state index in [1.165, 1.54) is 18.5 Å². The minimum Gasteiger partial charge on any atom is -0.466 e. The monoisotopic (exact) mass is 538 g/mol. The van der Waals surface area contributed by atoms with Gasteiger partial charge in [-0.3, -0.25) is 24.4 Å². The molecule has 0 radical (unpaired) electrons. The van der Waals surface area contributed by atoms with Crippen molar-refractivity contribution in [3.63, 3.8) is 0 Å². The van der Waals surface area contributed by atoms with Gasteiger partial charge in [-0.25, -0.2) is 0 Å². The Morgan fingerprint density at radius 2 is 1.27 bits per heavy atom. The minimum atomic E-state index is -1.30. The fourth-order valence-electron chi connectivity index (χ4n) is 2.33. The van der Waals surface area contributed by atoms with Crippen molar-refractivity contribution in [1.29, 1.82) is 0 Å². The van der Waals surface area contributed by atoms with E-state index in [2.05, 4.69) is 9.97 Å². The highest BCUT2D eigenvalue weighted by Crippen LogP contribution is 2.27. The predicted octanol–water partition coefficient (Wildman–Crippen LogP) is 5.09. The Balaban J connectivity index is 0.000000346. The number of carbonyl (C=O) groups is 3. The highest BCUT2D eigenvalue weighted by molar-refractivity contribution is 6.35. The molecule has 0 aliphatic heterocycles. The zero-order valence-electron chi connectivity index (χ0n) is 18.1. The highest BCUT2D eigenvalue weighted by atomic mass is 35.5. The lowest BCUT2D eigenvalue weighted by Crippen LogP contribution is -2.27. The van der Waals surface area contributed by atoms with Crippen molar-refractivity contribution in [3.8, 4) is 0 Å². The second-order valence-electron chi connectivity index (χ2n) is 6.02. The molecule has 2 rings (SSSR count). The van der Waals surface area contributed by atoms with Gasteiger partial charge in [0.1, 0.15) is 0 Å². The number of hydrogen-bond donors (Lipinski definition) is 0. The van der Waals surface area contributed by atoms with Crippen LogP contribution in [0.15, 0.2) is 24.5 Å². The zero-order valence-corrected chi connectivity index (χ0v) is 21.1. The second kappa shape index (κ2) is 14.9. The van der Waals surface area contributed by atoms with Crippen LogP contribution in [0.25, 0.3) is 0 Å². The molecule has 0 saturated heterocycles. The minimum absolute atomic E-state index is 0.0722. The average molecular weight is 540 g/mol. The van der Waals surface area contributed by atoms with Gasteiger partial charge >= 0.3 is 17.9 Å². The molecule has 0 N–H and O–H groups in total. The third-order valence-electron chi connectivity index (χ3n) is 3.66. The van der Waals surface area contributed by atoms with E-state index in [0.717, 1.165) is 0 Å². The number of rotatable bonds is 8. The van der Waals surface area contributed by atoms with Gasteiger partial charge in [-0.2, -0.15) is 0 Å². The lowest BCUT2D eigenvalue weighted by Gasteiger charge is -2.15. The molecule has 33 heavy (non-hydrogen) atoms. The normalized spacial score (nSPS) is 10.2. The number of halogens is 4. The van der Waals surface area contributed by atoms with Crippen molar-refractivity contribution in [2.45, 2.75) is 33.1 Å². The number of carbonyl (C=O) groups excluding carboxylic acids is 3. The Labute approximate surface area is 211 Å². The number of ether oxygens (including phenoxy) is 3. The maximum atomic E-state index is 11.8. The summed E-state index contributed by atoms with van der Waals surface area (Å²) in [5.41, 5.74) is 0.553. The Morgan fingerprint density at radius 1 is 0.788 bits per heavy atom. The Morgan fingerprint density at radius 3 is 1.73 bits per heavy atom. The van der Waals surface area contributed by atoms with Crippen LogP contribution in [0.4, 0.5) is 0 Å². The number of pyridine rings is 2. The summed E-state index contributed by atoms with van der Waals surface area (Å²) < 4.78 is 14.4. The van der Waals surface area contributed by atoms with E-state index in [9.17, 15) is 14.4 Å². The molecule has 0 bridgehead atoms. The van der Waals surface area contributed by atoms with Crippen LogP contribution in [0.3, 0.4) is 0 Å². The summed E-state index contributed by atoms with van der Waals surface area (Å²) in [5, 5.41) is 1.24. The summed E-state index contributed by atoms with van der Waals surface area (Å²) in [5.74, 6) is -3.15. The van der Waals surface area contributed by atoms with Crippen LogP contribution in [0, 0.1) is 0 Å². The van der Waals surface area contributed by atoms with Crippen LogP contribution < -0.4 is 0 Å². The van der Waals surface area contributed by atoms with Crippen molar-refractivity contribution < 1.29 is 28.6 Å². The highest BCUT2D eigenvalue weighted by Gasteiger charge is 2.34. The molecule has 180 valence electrons. The van der Waals surface area contributed by atoms with E-state index >= 15 is 0 Å². The van der Waals surface area contributed by atoms with Gasteiger partial charge in [-0.1, -0.05) is 46.4 Å². The third-order valence-corrected chi connectivity index (χ3v) is 4.70. The Hall–Kier alpha value is -2.13. The summed E-state index contributed by atoms with van der Waals surface area (Å²) in [6.45, 7) is 5.65. The van der Waals surface area contributed by atoms with E-state index in [0.29, 0.717) is 27.4 Å². The van der Waals surface area contributed by atoms with Gasteiger partial charge in [0.15, 0.2) is 5.92 Å². The van der Waals surface area contributed by atoms with Crippen LogP contribution in [-0.4, -0.2) is 47.7 Å². The summed E-state index contributed by atoms with van der Waals surface area (Å²) in [6, 6.07) is 2.95. The molecule has 0 fully saturated rings. The third kappa shape index (κ3) is 9.71. The van der Waals surface area contributed by atoms with Gasteiger partial charge in [-0.15, -0.1) is 0 Å². The first-order chi connectivity index (χ1) is 15.6. The summed E-state index contributed by atoms with van der Waals surface area (Å²) in [6.07, 6.45) is 2.82. The molecular weight excluding hydrogens is 518 g/mol. The quantitative estimate of drug-likeness (QED) is 0.259. The fourth-order valence-corrected chi connectivity index (χ4v) is 3.27. The second-order valence-corrected chi connectivity index (χ2v) is 7.71. The summed E-state index contributed by atoms with van der Waals surface area (Å²) in [7, 11) is 0. The van der Waals surface area contributed by atoms with Crippen LogP contribution in [-0.2, 0) is 35.0 Å². The van der Waals surface area contributed by atoms with E-state index in [1.54, 1.807) is 26.8 Å². The lowest BCUT2D eigenvalue weighted by atomic mass is 10.1. The first kappa shape index (κ1) is 28.9. The first-order valence-electron chi connectivity index (χ1n) is 9.74. The molecule has 0 amide bonds. The summed E-state index contributed by atoms with van der Waals surface area (Å²) >= 11 is 23.1.